The van der Waals surface area contributed by atoms with E-state index in [9.17, 15) is 9.59 Å². The smallest absolute Gasteiger partial charge is 0.323 e. The van der Waals surface area contributed by atoms with Crippen molar-refractivity contribution in [1.29, 1.82) is 0 Å². The highest BCUT2D eigenvalue weighted by Crippen LogP contribution is 2.29. The Bertz CT molecular complexity index is 289. The first-order valence-corrected chi connectivity index (χ1v) is 5.91. The average Bonchev–Trinajstić information content (AvgIpc) is 3.00. The maximum absolute atomic E-state index is 11.5. The molecule has 0 unspecified atom stereocenters. The third kappa shape index (κ3) is 2.72. The minimum Gasteiger partial charge on any atom is -0.465 e. The second-order valence-corrected chi connectivity index (χ2v) is 4.43. The van der Waals surface area contributed by atoms with Crippen LogP contribution in [0, 0.1) is 5.92 Å². The van der Waals surface area contributed by atoms with Crippen LogP contribution < -0.4 is 10.6 Å². The maximum Gasteiger partial charge on any atom is 0.323 e. The predicted molar refractivity (Wildman–Crippen MR) is 57.7 cm³/mol. The number of ether oxygens (including phenoxy) is 1. The van der Waals surface area contributed by atoms with Gasteiger partial charge in [-0.25, -0.2) is 0 Å². The van der Waals surface area contributed by atoms with E-state index in [1.165, 1.54) is 0 Å². The van der Waals surface area contributed by atoms with Crippen molar-refractivity contribution in [3.8, 4) is 0 Å². The van der Waals surface area contributed by atoms with E-state index in [4.69, 9.17) is 4.74 Å². The number of amides is 1. The molecule has 16 heavy (non-hydrogen) atoms. The molecule has 2 rings (SSSR count). The molecule has 2 atom stereocenters. The molecule has 0 spiro atoms. The van der Waals surface area contributed by atoms with Crippen molar-refractivity contribution >= 4 is 11.9 Å². The summed E-state index contributed by atoms with van der Waals surface area (Å²) in [4.78, 5) is 22.9. The lowest BCUT2D eigenvalue weighted by atomic mass is 10.1. The Morgan fingerprint density at radius 2 is 2.19 bits per heavy atom. The fourth-order valence-corrected chi connectivity index (χ4v) is 1.93. The second-order valence-electron chi connectivity index (χ2n) is 4.43. The van der Waals surface area contributed by atoms with Crippen LogP contribution in [0.1, 0.15) is 26.2 Å². The lowest BCUT2D eigenvalue weighted by Gasteiger charge is -2.11. The van der Waals surface area contributed by atoms with Crippen molar-refractivity contribution in [2.75, 3.05) is 13.2 Å². The van der Waals surface area contributed by atoms with Gasteiger partial charge in [-0.1, -0.05) is 0 Å². The van der Waals surface area contributed by atoms with Crippen molar-refractivity contribution in [2.24, 2.45) is 5.92 Å². The van der Waals surface area contributed by atoms with Crippen LogP contribution in [0.15, 0.2) is 0 Å². The van der Waals surface area contributed by atoms with E-state index in [-0.39, 0.29) is 29.9 Å². The summed E-state index contributed by atoms with van der Waals surface area (Å²) in [5, 5.41) is 6.03. The van der Waals surface area contributed by atoms with E-state index in [0.29, 0.717) is 19.6 Å². The molecule has 1 aliphatic heterocycles. The topological polar surface area (TPSA) is 67.4 Å². The zero-order chi connectivity index (χ0) is 11.5. The van der Waals surface area contributed by atoms with Gasteiger partial charge in [0.15, 0.2) is 0 Å². The molecule has 1 aliphatic carbocycles. The highest BCUT2D eigenvalue weighted by molar-refractivity contribution is 5.81. The zero-order valence-corrected chi connectivity index (χ0v) is 9.49. The molecule has 1 heterocycles. The Morgan fingerprint density at radius 1 is 1.44 bits per heavy atom. The minimum atomic E-state index is -0.260. The van der Waals surface area contributed by atoms with Crippen molar-refractivity contribution in [3.63, 3.8) is 0 Å². The molecule has 1 saturated heterocycles. The Labute approximate surface area is 94.9 Å². The van der Waals surface area contributed by atoms with E-state index in [1.807, 2.05) is 0 Å². The molecule has 2 aliphatic rings. The van der Waals surface area contributed by atoms with Crippen LogP contribution in [0.3, 0.4) is 0 Å². The van der Waals surface area contributed by atoms with Gasteiger partial charge in [0, 0.05) is 18.5 Å². The third-order valence-electron chi connectivity index (χ3n) is 3.00. The van der Waals surface area contributed by atoms with Gasteiger partial charge in [-0.05, 0) is 26.2 Å². The summed E-state index contributed by atoms with van der Waals surface area (Å²) in [7, 11) is 0. The van der Waals surface area contributed by atoms with E-state index in [0.717, 1.165) is 12.8 Å². The van der Waals surface area contributed by atoms with Crippen LogP contribution in [-0.4, -0.2) is 37.1 Å². The molecule has 1 saturated carbocycles. The van der Waals surface area contributed by atoms with Crippen LogP contribution in [0.5, 0.6) is 0 Å². The third-order valence-corrected chi connectivity index (χ3v) is 3.00. The fourth-order valence-electron chi connectivity index (χ4n) is 1.93. The first-order chi connectivity index (χ1) is 7.70. The van der Waals surface area contributed by atoms with Gasteiger partial charge in [0.05, 0.1) is 6.61 Å². The SMILES string of the molecule is CCOC(=O)[C@@H]1C[C@@H](NC(=O)C2CC2)CN1. The zero-order valence-electron chi connectivity index (χ0n) is 9.49. The number of hydrogen-bond acceptors (Lipinski definition) is 4. The van der Waals surface area contributed by atoms with E-state index < -0.39 is 0 Å². The molecule has 5 heteroatoms. The molecule has 2 N–H and O–H groups in total. The number of nitrogens with one attached hydrogen (secondary N) is 2. The Morgan fingerprint density at radius 3 is 2.81 bits per heavy atom. The summed E-state index contributed by atoms with van der Waals surface area (Å²) in [5.74, 6) is 0.142. The number of esters is 1. The van der Waals surface area contributed by atoms with Crippen LogP contribution in [0.25, 0.3) is 0 Å². The summed E-state index contributed by atoms with van der Waals surface area (Å²) < 4.78 is 4.92. The molecule has 0 radical (unpaired) electrons. The summed E-state index contributed by atoms with van der Waals surface area (Å²) in [5.41, 5.74) is 0. The van der Waals surface area contributed by atoms with Crippen LogP contribution >= 0.6 is 0 Å². The fraction of sp³-hybridized carbons (Fsp3) is 0.818. The molecule has 0 aromatic heterocycles. The number of carbonyl (C=O) groups excluding carboxylic acids is 2. The van der Waals surface area contributed by atoms with Gasteiger partial charge >= 0.3 is 5.97 Å². The first kappa shape index (κ1) is 11.4. The molecular weight excluding hydrogens is 208 g/mol. The lowest BCUT2D eigenvalue weighted by Crippen LogP contribution is -2.37. The summed E-state index contributed by atoms with van der Waals surface area (Å²) in [6, 6.07) is -0.188. The Kier molecular flexibility index (Phi) is 3.43. The summed E-state index contributed by atoms with van der Waals surface area (Å²) in [6.45, 7) is 2.84. The maximum atomic E-state index is 11.5. The van der Waals surface area contributed by atoms with Crippen molar-refractivity contribution in [2.45, 2.75) is 38.3 Å². The monoisotopic (exact) mass is 226 g/mol. The van der Waals surface area contributed by atoms with Crippen molar-refractivity contribution in [3.05, 3.63) is 0 Å². The van der Waals surface area contributed by atoms with Gasteiger partial charge in [0.1, 0.15) is 6.04 Å². The lowest BCUT2D eigenvalue weighted by molar-refractivity contribution is -0.145. The molecule has 2 fully saturated rings. The quantitative estimate of drug-likeness (QED) is 0.652. The van der Waals surface area contributed by atoms with E-state index >= 15 is 0 Å². The van der Waals surface area contributed by atoms with Gasteiger partial charge in [0.25, 0.3) is 0 Å². The molecular formula is C11H18N2O3. The first-order valence-electron chi connectivity index (χ1n) is 5.91. The summed E-state index contributed by atoms with van der Waals surface area (Å²) in [6.07, 6.45) is 2.65. The van der Waals surface area contributed by atoms with Gasteiger partial charge in [-0.3, -0.25) is 9.59 Å². The Balaban J connectivity index is 1.74. The second kappa shape index (κ2) is 4.82. The van der Waals surface area contributed by atoms with Gasteiger partial charge < -0.3 is 15.4 Å². The van der Waals surface area contributed by atoms with E-state index in [2.05, 4.69) is 10.6 Å². The molecule has 90 valence electrons. The summed E-state index contributed by atoms with van der Waals surface area (Å²) >= 11 is 0. The highest BCUT2D eigenvalue weighted by Gasteiger charge is 2.35. The van der Waals surface area contributed by atoms with E-state index in [1.54, 1.807) is 6.92 Å². The molecule has 0 aromatic carbocycles. The normalized spacial score (nSPS) is 28.8. The number of carbonyl (C=O) groups is 2. The van der Waals surface area contributed by atoms with Crippen LogP contribution in [-0.2, 0) is 14.3 Å². The number of hydrogen-bond donors (Lipinski definition) is 2. The van der Waals surface area contributed by atoms with Crippen LogP contribution in [0.4, 0.5) is 0 Å². The standard InChI is InChI=1S/C11H18N2O3/c1-2-16-11(15)9-5-8(6-12-9)13-10(14)7-3-4-7/h7-9,12H,2-6H2,1H3,(H,13,14)/t8-,9+/m1/s1. The molecule has 0 aromatic rings. The minimum absolute atomic E-state index is 0.0718. The molecule has 1 amide bonds. The molecule has 0 bridgehead atoms. The van der Waals surface area contributed by atoms with Crippen molar-refractivity contribution < 1.29 is 14.3 Å². The van der Waals surface area contributed by atoms with Gasteiger partial charge in [-0.2, -0.15) is 0 Å². The predicted octanol–water partition coefficient (Wildman–Crippen LogP) is -0.194. The van der Waals surface area contributed by atoms with Crippen LogP contribution in [0.2, 0.25) is 0 Å². The largest absolute Gasteiger partial charge is 0.465 e. The average molecular weight is 226 g/mol. The van der Waals surface area contributed by atoms with Gasteiger partial charge in [0.2, 0.25) is 5.91 Å². The Hall–Kier alpha value is -1.10. The highest BCUT2D eigenvalue weighted by atomic mass is 16.5. The van der Waals surface area contributed by atoms with Crippen molar-refractivity contribution in [1.82, 2.24) is 10.6 Å². The van der Waals surface area contributed by atoms with Gasteiger partial charge in [-0.15, -0.1) is 0 Å². The molecule has 5 nitrogen and oxygen atoms in total. The number of rotatable bonds is 4.